The lowest BCUT2D eigenvalue weighted by molar-refractivity contribution is -0.107. The van der Waals surface area contributed by atoms with Crippen molar-refractivity contribution in [2.24, 2.45) is 0 Å². The molecule has 0 saturated carbocycles. The van der Waals surface area contributed by atoms with E-state index in [0.717, 1.165) is 47.0 Å². The Morgan fingerprint density at radius 3 is 2.89 bits per heavy atom. The highest BCUT2D eigenvalue weighted by molar-refractivity contribution is 8.14. The van der Waals surface area contributed by atoms with Gasteiger partial charge in [0.1, 0.15) is 5.58 Å². The first kappa shape index (κ1) is 22.0. The fourth-order valence-corrected chi connectivity index (χ4v) is 4.33. The van der Waals surface area contributed by atoms with Gasteiger partial charge in [0.2, 0.25) is 5.12 Å². The number of carbonyl (C=O) groups is 1. The fourth-order valence-electron chi connectivity index (χ4n) is 2.56. The number of rotatable bonds is 12. The molecule has 0 N–H and O–H groups in total. The van der Waals surface area contributed by atoms with Gasteiger partial charge >= 0.3 is 0 Å². The second-order valence-corrected chi connectivity index (χ2v) is 8.35. The molecule has 7 heteroatoms. The van der Waals surface area contributed by atoms with Crippen LogP contribution in [0.15, 0.2) is 47.4 Å². The van der Waals surface area contributed by atoms with Crippen LogP contribution >= 0.6 is 35.7 Å². The Morgan fingerprint density at radius 2 is 2.11 bits per heavy atom. The molecule has 0 spiro atoms. The molecule has 0 aliphatic carbocycles. The van der Waals surface area contributed by atoms with E-state index in [9.17, 15) is 4.79 Å². The molecule has 27 heavy (non-hydrogen) atoms. The number of benzene rings is 1. The number of fused-ring (bicyclic) bond motifs is 1. The van der Waals surface area contributed by atoms with Gasteiger partial charge in [-0.15, -0.1) is 0 Å². The van der Waals surface area contributed by atoms with Crippen LogP contribution in [0.5, 0.6) is 0 Å². The molecule has 0 atom stereocenters. The average Bonchev–Trinajstić information content (AvgIpc) is 2.68. The summed E-state index contributed by atoms with van der Waals surface area (Å²) >= 11 is 8.38. The predicted molar refractivity (Wildman–Crippen MR) is 121 cm³/mol. The third-order valence-electron chi connectivity index (χ3n) is 3.87. The van der Waals surface area contributed by atoms with Gasteiger partial charge in [-0.2, -0.15) is 11.8 Å². The molecule has 2 rings (SSSR count). The molecule has 2 aromatic rings. The van der Waals surface area contributed by atoms with Crippen molar-refractivity contribution in [2.45, 2.75) is 6.92 Å². The molecule has 4 nitrogen and oxygen atoms in total. The van der Waals surface area contributed by atoms with Gasteiger partial charge in [0, 0.05) is 41.8 Å². The van der Waals surface area contributed by atoms with E-state index in [4.69, 9.17) is 21.4 Å². The van der Waals surface area contributed by atoms with Crippen molar-refractivity contribution < 1.29 is 13.9 Å². The maximum atomic E-state index is 11.1. The largest absolute Gasteiger partial charge is 0.445 e. The van der Waals surface area contributed by atoms with Gasteiger partial charge in [0.05, 0.1) is 18.9 Å². The van der Waals surface area contributed by atoms with Crippen molar-refractivity contribution >= 4 is 57.5 Å². The van der Waals surface area contributed by atoms with E-state index < -0.39 is 0 Å². The summed E-state index contributed by atoms with van der Waals surface area (Å²) in [5.41, 5.74) is 1.90. The average molecular weight is 424 g/mol. The molecule has 0 fully saturated rings. The summed E-state index contributed by atoms with van der Waals surface area (Å²) in [4.78, 5) is 13.4. The summed E-state index contributed by atoms with van der Waals surface area (Å²) < 4.78 is 11.9. The van der Waals surface area contributed by atoms with Crippen LogP contribution in [-0.4, -0.2) is 48.7 Å². The number of para-hydroxylation sites is 1. The lowest BCUT2D eigenvalue weighted by atomic mass is 10.2. The van der Waals surface area contributed by atoms with E-state index in [-0.39, 0.29) is 5.12 Å². The van der Waals surface area contributed by atoms with Crippen molar-refractivity contribution in [3.8, 4) is 0 Å². The summed E-state index contributed by atoms with van der Waals surface area (Å²) in [5.74, 6) is 2.68. The summed E-state index contributed by atoms with van der Waals surface area (Å²) in [6.07, 6.45) is 1.36. The first-order chi connectivity index (χ1) is 13.2. The molecular formula is C20H25NO3S3. The maximum absolute atomic E-state index is 11.1. The zero-order valence-electron chi connectivity index (χ0n) is 15.5. The molecule has 146 valence electrons. The highest BCUT2D eigenvalue weighted by atomic mass is 32.2. The van der Waals surface area contributed by atoms with Crippen LogP contribution in [0, 0.1) is 4.71 Å². The summed E-state index contributed by atoms with van der Waals surface area (Å²) in [5, 5.41) is 1.10. The maximum Gasteiger partial charge on any atom is 0.211 e. The number of nitrogens with zero attached hydrogens (tertiary/aromatic N) is 1. The summed E-state index contributed by atoms with van der Waals surface area (Å²) in [7, 11) is 0. The Labute approximate surface area is 174 Å². The zero-order chi connectivity index (χ0) is 19.5. The molecule has 1 aromatic carbocycles. The van der Waals surface area contributed by atoms with Crippen molar-refractivity contribution in [2.75, 3.05) is 48.5 Å². The molecule has 0 aliphatic rings. The van der Waals surface area contributed by atoms with E-state index in [1.54, 1.807) is 11.8 Å². The van der Waals surface area contributed by atoms with Gasteiger partial charge < -0.3 is 14.1 Å². The van der Waals surface area contributed by atoms with E-state index in [0.29, 0.717) is 17.9 Å². The fraction of sp³-hybridized carbons (Fsp3) is 0.400. The number of ether oxygens (including phenoxy) is 1. The standard InChI is InChI=1S/C20H25NO3S3/c1-3-19(22)27-14-13-26-12-11-23-10-9-21(4-2)17-15-20(25)24-18-8-6-5-7-16(17)18/h3,5-8,15H,1,4,9-14H2,2H3. The highest BCUT2D eigenvalue weighted by Crippen LogP contribution is 2.27. The molecule has 0 aliphatic heterocycles. The number of hydrogen-bond donors (Lipinski definition) is 0. The SMILES string of the molecule is C=CC(=O)SCCSCCOCCN(CC)c1cc(=S)oc2ccccc12. The van der Waals surface area contributed by atoms with Gasteiger partial charge in [-0.3, -0.25) is 4.79 Å². The lowest BCUT2D eigenvalue weighted by Crippen LogP contribution is -2.27. The highest BCUT2D eigenvalue weighted by Gasteiger charge is 2.10. The summed E-state index contributed by atoms with van der Waals surface area (Å²) in [6.45, 7) is 8.62. The topological polar surface area (TPSA) is 42.7 Å². The Kier molecular flexibility index (Phi) is 9.97. The minimum atomic E-state index is 0.0370. The molecule has 1 aromatic heterocycles. The quantitative estimate of drug-likeness (QED) is 0.264. The van der Waals surface area contributed by atoms with E-state index in [2.05, 4.69) is 24.5 Å². The minimum Gasteiger partial charge on any atom is -0.445 e. The van der Waals surface area contributed by atoms with Gasteiger partial charge in [-0.25, -0.2) is 0 Å². The number of carbonyl (C=O) groups excluding carboxylic acids is 1. The first-order valence-corrected chi connectivity index (χ1v) is 11.4. The molecule has 0 radical (unpaired) electrons. The Hall–Kier alpha value is -1.28. The van der Waals surface area contributed by atoms with Crippen molar-refractivity contribution in [1.82, 2.24) is 0 Å². The first-order valence-electron chi connectivity index (χ1n) is 8.88. The van der Waals surface area contributed by atoms with Crippen molar-refractivity contribution in [3.63, 3.8) is 0 Å². The normalized spacial score (nSPS) is 10.9. The smallest absolute Gasteiger partial charge is 0.211 e. The van der Waals surface area contributed by atoms with Crippen molar-refractivity contribution in [3.05, 3.63) is 47.7 Å². The Morgan fingerprint density at radius 1 is 1.30 bits per heavy atom. The Bertz CT molecular complexity index is 806. The molecule has 1 heterocycles. The van der Waals surface area contributed by atoms with Crippen LogP contribution in [0.1, 0.15) is 6.92 Å². The van der Waals surface area contributed by atoms with Crippen LogP contribution in [0.4, 0.5) is 5.69 Å². The number of anilines is 1. The van der Waals surface area contributed by atoms with Gasteiger partial charge in [0.25, 0.3) is 0 Å². The van der Waals surface area contributed by atoms with Gasteiger partial charge in [-0.05, 0) is 37.4 Å². The predicted octanol–water partition coefficient (Wildman–Crippen LogP) is 5.18. The molecule has 0 bridgehead atoms. The van der Waals surface area contributed by atoms with Crippen molar-refractivity contribution in [1.29, 1.82) is 0 Å². The second-order valence-electron chi connectivity index (χ2n) is 5.62. The molecule has 0 saturated heterocycles. The van der Waals surface area contributed by atoms with E-state index in [1.807, 2.05) is 24.3 Å². The molecule has 0 unspecified atom stereocenters. The monoisotopic (exact) mass is 423 g/mol. The van der Waals surface area contributed by atoms with E-state index >= 15 is 0 Å². The lowest BCUT2D eigenvalue weighted by Gasteiger charge is -2.24. The van der Waals surface area contributed by atoms with Crippen LogP contribution in [0.25, 0.3) is 11.0 Å². The van der Waals surface area contributed by atoms with Crippen LogP contribution in [0.3, 0.4) is 0 Å². The van der Waals surface area contributed by atoms with Gasteiger partial charge in [-0.1, -0.05) is 30.5 Å². The minimum absolute atomic E-state index is 0.0370. The molecule has 0 amide bonds. The second kappa shape index (κ2) is 12.2. The third kappa shape index (κ3) is 7.33. The molecular weight excluding hydrogens is 398 g/mol. The van der Waals surface area contributed by atoms with Crippen LogP contribution < -0.4 is 4.90 Å². The van der Waals surface area contributed by atoms with E-state index in [1.165, 1.54) is 17.8 Å². The third-order valence-corrected chi connectivity index (χ3v) is 6.13. The van der Waals surface area contributed by atoms with Crippen LogP contribution in [-0.2, 0) is 9.53 Å². The summed E-state index contributed by atoms with van der Waals surface area (Å²) in [6, 6.07) is 9.87. The van der Waals surface area contributed by atoms with Crippen LogP contribution in [0.2, 0.25) is 0 Å². The number of hydrogen-bond acceptors (Lipinski definition) is 7. The zero-order valence-corrected chi connectivity index (χ0v) is 18.0. The number of thioether (sulfide) groups is 2. The number of likely N-dealkylation sites (N-methyl/N-ethyl adjacent to an activating group) is 1. The van der Waals surface area contributed by atoms with Gasteiger partial charge in [0.15, 0.2) is 4.71 Å². The Balaban J connectivity index is 1.74.